The first kappa shape index (κ1) is 79.1. The van der Waals surface area contributed by atoms with Gasteiger partial charge in [0.15, 0.2) is 6.10 Å². The predicted octanol–water partition coefficient (Wildman–Crippen LogP) is 25.1. The Morgan fingerprint density at radius 3 is 0.707 bits per heavy atom. The lowest BCUT2D eigenvalue weighted by Gasteiger charge is -2.18. The highest BCUT2D eigenvalue weighted by molar-refractivity contribution is 5.71. The Kier molecular flexibility index (Phi) is 68.1. The lowest BCUT2D eigenvalue weighted by Crippen LogP contribution is -2.30. The molecule has 0 aromatic carbocycles. The lowest BCUT2D eigenvalue weighted by molar-refractivity contribution is -0.167. The summed E-state index contributed by atoms with van der Waals surface area (Å²) in [6.45, 7) is 6.65. The van der Waals surface area contributed by atoms with Crippen molar-refractivity contribution in [2.24, 2.45) is 0 Å². The molecule has 0 saturated carbocycles. The molecule has 478 valence electrons. The van der Waals surface area contributed by atoms with Crippen LogP contribution in [0, 0.1) is 0 Å². The lowest BCUT2D eigenvalue weighted by atomic mass is 10.0. The first-order chi connectivity index (χ1) is 40.5. The third-order valence-corrected chi connectivity index (χ3v) is 16.2. The minimum absolute atomic E-state index is 0.0734. The molecule has 0 rings (SSSR count). The van der Waals surface area contributed by atoms with E-state index in [4.69, 9.17) is 14.2 Å². The normalized spacial score (nSPS) is 12.4. The minimum Gasteiger partial charge on any atom is -0.462 e. The molecule has 0 bridgehead atoms. The van der Waals surface area contributed by atoms with Crippen molar-refractivity contribution < 1.29 is 28.6 Å². The van der Waals surface area contributed by atoms with E-state index in [1.54, 1.807) is 0 Å². The second-order valence-corrected chi connectivity index (χ2v) is 24.5. The van der Waals surface area contributed by atoms with Crippen molar-refractivity contribution >= 4 is 17.9 Å². The largest absolute Gasteiger partial charge is 0.462 e. The summed E-state index contributed by atoms with van der Waals surface area (Å²) in [6, 6.07) is 0. The van der Waals surface area contributed by atoms with Crippen LogP contribution in [0.1, 0.15) is 387 Å². The van der Waals surface area contributed by atoms with E-state index in [0.717, 1.165) is 89.9 Å². The van der Waals surface area contributed by atoms with E-state index >= 15 is 0 Å². The zero-order chi connectivity index (χ0) is 59.2. The van der Waals surface area contributed by atoms with Crippen molar-refractivity contribution in [3.8, 4) is 0 Å². The monoisotopic (exact) mass is 1150 g/mol. The fourth-order valence-corrected chi connectivity index (χ4v) is 10.8. The summed E-state index contributed by atoms with van der Waals surface area (Å²) in [5.74, 6) is -0.862. The average molecular weight is 1150 g/mol. The van der Waals surface area contributed by atoms with Crippen LogP contribution < -0.4 is 0 Å². The van der Waals surface area contributed by atoms with Gasteiger partial charge in [-0.25, -0.2) is 0 Å². The van der Waals surface area contributed by atoms with Crippen LogP contribution in [0.15, 0.2) is 60.8 Å². The van der Waals surface area contributed by atoms with Crippen LogP contribution in [0.5, 0.6) is 0 Å². The van der Waals surface area contributed by atoms with Crippen LogP contribution >= 0.6 is 0 Å². The summed E-state index contributed by atoms with van der Waals surface area (Å²) in [4.78, 5) is 38.4. The van der Waals surface area contributed by atoms with Gasteiger partial charge in [0.25, 0.3) is 0 Å². The molecule has 82 heavy (non-hydrogen) atoms. The molecule has 0 saturated heterocycles. The van der Waals surface area contributed by atoms with Gasteiger partial charge in [-0.2, -0.15) is 0 Å². The number of rotatable bonds is 67. The number of hydrogen-bond donors (Lipinski definition) is 0. The smallest absolute Gasteiger partial charge is 0.306 e. The quantitative estimate of drug-likeness (QED) is 0.0261. The van der Waals surface area contributed by atoms with Gasteiger partial charge in [0.2, 0.25) is 0 Å². The SMILES string of the molecule is CCCCC/C=C\C/C=C\CCCCCCCC(=O)OCC(COC(=O)CCCCCCCCCCCCCCCCCCCC/C=C\C/C=C\C/C=C\CCCCCCC)OC(=O)CCCCCCCCCCCCCCCCCC. The zero-order valence-corrected chi connectivity index (χ0v) is 55.0. The fraction of sp³-hybridized carbons (Fsp3) is 0.829. The molecule has 6 nitrogen and oxygen atoms in total. The molecule has 0 aromatic rings. The first-order valence-corrected chi connectivity index (χ1v) is 36.3. The summed E-state index contributed by atoms with van der Waals surface area (Å²) in [7, 11) is 0. The van der Waals surface area contributed by atoms with Crippen molar-refractivity contribution in [1.82, 2.24) is 0 Å². The summed E-state index contributed by atoms with van der Waals surface area (Å²) >= 11 is 0. The summed E-state index contributed by atoms with van der Waals surface area (Å²) < 4.78 is 17.0. The van der Waals surface area contributed by atoms with Gasteiger partial charge in [0.05, 0.1) is 0 Å². The van der Waals surface area contributed by atoms with Gasteiger partial charge < -0.3 is 14.2 Å². The number of allylic oxidation sites excluding steroid dienone is 10. The Labute approximate surface area is 510 Å². The van der Waals surface area contributed by atoms with Gasteiger partial charge in [-0.15, -0.1) is 0 Å². The standard InChI is InChI=1S/C76H138O6/c1-4-7-10-13-16-19-22-25-28-30-31-32-33-34-35-36-37-38-39-40-41-42-43-44-45-46-49-51-54-57-60-63-66-69-75(78)81-72-73(71-80-74(77)68-65-62-59-56-53-50-47-27-24-21-18-15-12-9-6-3)82-76(79)70-67-64-61-58-55-52-48-29-26-23-20-17-14-11-8-5-2/h18,21-22,25,27,30-31,33-34,47,73H,4-17,19-20,23-24,26,28-29,32,35-46,48-72H2,1-3H3/b21-18-,25-22-,31-30-,34-33-,47-27-. The molecule has 0 spiro atoms. The number of hydrogen-bond acceptors (Lipinski definition) is 6. The van der Waals surface area contributed by atoms with Gasteiger partial charge >= 0.3 is 17.9 Å². The summed E-state index contributed by atoms with van der Waals surface area (Å²) in [5, 5.41) is 0. The van der Waals surface area contributed by atoms with E-state index in [2.05, 4.69) is 81.5 Å². The summed E-state index contributed by atoms with van der Waals surface area (Å²) in [5.41, 5.74) is 0. The van der Waals surface area contributed by atoms with Gasteiger partial charge in [-0.05, 0) is 89.9 Å². The molecule has 0 amide bonds. The molecule has 1 atom stereocenters. The maximum atomic E-state index is 12.9. The van der Waals surface area contributed by atoms with Gasteiger partial charge in [0, 0.05) is 19.3 Å². The van der Waals surface area contributed by atoms with Crippen molar-refractivity contribution in [2.45, 2.75) is 393 Å². The molecular weight excluding hydrogens is 1010 g/mol. The van der Waals surface area contributed by atoms with Crippen LogP contribution in [-0.4, -0.2) is 37.2 Å². The minimum atomic E-state index is -0.778. The van der Waals surface area contributed by atoms with E-state index in [9.17, 15) is 14.4 Å². The summed E-state index contributed by atoms with van der Waals surface area (Å²) in [6.07, 6.45) is 91.2. The second kappa shape index (κ2) is 70.6. The Morgan fingerprint density at radius 2 is 0.439 bits per heavy atom. The van der Waals surface area contributed by atoms with E-state index in [1.165, 1.54) is 257 Å². The highest BCUT2D eigenvalue weighted by Gasteiger charge is 2.19. The van der Waals surface area contributed by atoms with Gasteiger partial charge in [0.1, 0.15) is 13.2 Å². The molecule has 0 heterocycles. The molecule has 1 unspecified atom stereocenters. The predicted molar refractivity (Wildman–Crippen MR) is 358 cm³/mol. The Balaban J connectivity index is 4.16. The number of ether oxygens (including phenoxy) is 3. The molecule has 0 fully saturated rings. The third kappa shape index (κ3) is 67.9. The van der Waals surface area contributed by atoms with Crippen LogP contribution in [0.3, 0.4) is 0 Å². The van der Waals surface area contributed by atoms with Crippen LogP contribution in [0.4, 0.5) is 0 Å². The van der Waals surface area contributed by atoms with Crippen molar-refractivity contribution in [2.75, 3.05) is 13.2 Å². The van der Waals surface area contributed by atoms with Gasteiger partial charge in [-0.3, -0.25) is 14.4 Å². The van der Waals surface area contributed by atoms with Crippen molar-refractivity contribution in [3.05, 3.63) is 60.8 Å². The molecule has 0 aliphatic heterocycles. The number of carbonyl (C=O) groups is 3. The molecule has 6 heteroatoms. The highest BCUT2D eigenvalue weighted by Crippen LogP contribution is 2.18. The maximum Gasteiger partial charge on any atom is 0.306 e. The van der Waals surface area contributed by atoms with Crippen LogP contribution in [0.25, 0.3) is 0 Å². The average Bonchev–Trinajstić information content (AvgIpc) is 3.47. The van der Waals surface area contributed by atoms with E-state index < -0.39 is 6.10 Å². The maximum absolute atomic E-state index is 12.9. The molecule has 0 aliphatic rings. The van der Waals surface area contributed by atoms with Crippen LogP contribution in [0.2, 0.25) is 0 Å². The van der Waals surface area contributed by atoms with Crippen molar-refractivity contribution in [3.63, 3.8) is 0 Å². The number of carbonyl (C=O) groups excluding carboxylic acids is 3. The van der Waals surface area contributed by atoms with Gasteiger partial charge in [-0.1, -0.05) is 338 Å². The number of unbranched alkanes of at least 4 members (excludes halogenated alkanes) is 46. The van der Waals surface area contributed by atoms with E-state index in [0.29, 0.717) is 19.3 Å². The van der Waals surface area contributed by atoms with E-state index in [1.807, 2.05) is 0 Å². The number of esters is 3. The topological polar surface area (TPSA) is 78.9 Å². The van der Waals surface area contributed by atoms with Crippen LogP contribution in [-0.2, 0) is 28.6 Å². The molecule has 0 aliphatic carbocycles. The first-order valence-electron chi connectivity index (χ1n) is 36.3. The molecule has 0 N–H and O–H groups in total. The van der Waals surface area contributed by atoms with E-state index in [-0.39, 0.29) is 31.1 Å². The highest BCUT2D eigenvalue weighted by atomic mass is 16.6. The molecule has 0 aromatic heterocycles. The fourth-order valence-electron chi connectivity index (χ4n) is 10.8. The Morgan fingerprint density at radius 1 is 0.244 bits per heavy atom. The molecule has 0 radical (unpaired) electrons. The Hall–Kier alpha value is -2.89. The Bertz CT molecular complexity index is 1460. The third-order valence-electron chi connectivity index (χ3n) is 16.2. The molecular formula is C76H138O6. The van der Waals surface area contributed by atoms with Crippen molar-refractivity contribution in [1.29, 1.82) is 0 Å². The zero-order valence-electron chi connectivity index (χ0n) is 55.0. The second-order valence-electron chi connectivity index (χ2n) is 24.5.